The van der Waals surface area contributed by atoms with Gasteiger partial charge in [-0.15, -0.1) is 0 Å². The molecule has 0 aliphatic carbocycles. The van der Waals surface area contributed by atoms with Crippen molar-refractivity contribution >= 4 is 20.1 Å². The van der Waals surface area contributed by atoms with Crippen molar-refractivity contribution in [2.75, 3.05) is 13.4 Å². The van der Waals surface area contributed by atoms with Crippen LogP contribution in [0.15, 0.2) is 35.2 Å². The molecule has 2 rings (SSSR count). The summed E-state index contributed by atoms with van der Waals surface area (Å²) in [5.41, 5.74) is 2.95. The third kappa shape index (κ3) is 5.53. The van der Waals surface area contributed by atoms with E-state index in [-0.39, 0.29) is 24.1 Å². The lowest BCUT2D eigenvalue weighted by molar-refractivity contribution is 0.346. The first-order valence-electron chi connectivity index (χ1n) is 9.42. The maximum absolute atomic E-state index is 13.5. The summed E-state index contributed by atoms with van der Waals surface area (Å²) in [7, 11) is -6.17. The second-order valence-corrected chi connectivity index (χ2v) is 11.0. The molecular weight excluding hydrogens is 426 g/mol. The minimum Gasteiger partial charge on any atom is -0.493 e. The molecular formula is C21H29NO6S2. The van der Waals surface area contributed by atoms with E-state index < -0.39 is 20.1 Å². The Labute approximate surface area is 179 Å². The first-order chi connectivity index (χ1) is 13.8. The largest absolute Gasteiger partial charge is 0.493 e. The zero-order chi connectivity index (χ0) is 22.9. The molecule has 0 saturated carbocycles. The first kappa shape index (κ1) is 24.2. The van der Waals surface area contributed by atoms with Gasteiger partial charge in [-0.25, -0.2) is 8.42 Å². The molecule has 0 aliphatic heterocycles. The number of ether oxygens (including phenoxy) is 1. The number of methoxy groups -OCH3 is 1. The molecule has 0 amide bonds. The molecule has 0 fully saturated rings. The van der Waals surface area contributed by atoms with Gasteiger partial charge in [0.15, 0.2) is 11.5 Å². The smallest absolute Gasteiger partial charge is 0.306 e. The standard InChI is InChI=1S/C21H29NO6S2/c1-14(2)22(30(25,26)21-16(4)10-15(3)11-17(21)5)13-18-8-9-19(27-6)20(12-18)28-29(7,23)24/h8-12,14H,13H2,1-7H3. The third-order valence-corrected chi connectivity index (χ3v) is 7.37. The molecule has 2 aromatic carbocycles. The molecule has 0 N–H and O–H groups in total. The number of aryl methyl sites for hydroxylation is 3. The van der Waals surface area contributed by atoms with Crippen molar-refractivity contribution in [1.82, 2.24) is 4.31 Å². The molecule has 2 aromatic rings. The number of rotatable bonds is 8. The number of nitrogens with zero attached hydrogens (tertiary/aromatic N) is 1. The predicted molar refractivity (Wildman–Crippen MR) is 117 cm³/mol. The van der Waals surface area contributed by atoms with Crippen molar-refractivity contribution in [3.05, 3.63) is 52.6 Å². The topological polar surface area (TPSA) is 90.0 Å². The summed E-state index contributed by atoms with van der Waals surface area (Å²) in [5, 5.41) is 0. The summed E-state index contributed by atoms with van der Waals surface area (Å²) in [4.78, 5) is 0.294. The Balaban J connectivity index is 2.52. The lowest BCUT2D eigenvalue weighted by atomic mass is 10.1. The molecule has 30 heavy (non-hydrogen) atoms. The zero-order valence-electron chi connectivity index (χ0n) is 18.4. The Bertz CT molecular complexity index is 1120. The quantitative estimate of drug-likeness (QED) is 0.566. The summed E-state index contributed by atoms with van der Waals surface area (Å²) in [6, 6.07) is 8.11. The van der Waals surface area contributed by atoms with E-state index in [1.54, 1.807) is 39.8 Å². The van der Waals surface area contributed by atoms with Crippen molar-refractivity contribution in [3.8, 4) is 11.5 Å². The van der Waals surface area contributed by atoms with Crippen LogP contribution in [-0.2, 0) is 26.7 Å². The van der Waals surface area contributed by atoms with E-state index in [4.69, 9.17) is 8.92 Å². The van der Waals surface area contributed by atoms with Gasteiger partial charge in [0, 0.05) is 12.6 Å². The average molecular weight is 456 g/mol. The minimum absolute atomic E-state index is 0.0151. The second-order valence-electron chi connectivity index (χ2n) is 7.64. The van der Waals surface area contributed by atoms with Crippen LogP contribution in [0.2, 0.25) is 0 Å². The molecule has 0 saturated heterocycles. The molecule has 166 valence electrons. The third-order valence-electron chi connectivity index (χ3n) is 4.55. The molecule has 0 aromatic heterocycles. The van der Waals surface area contributed by atoms with Crippen LogP contribution in [0.5, 0.6) is 11.5 Å². The van der Waals surface area contributed by atoms with Gasteiger partial charge in [-0.3, -0.25) is 0 Å². The van der Waals surface area contributed by atoms with E-state index in [2.05, 4.69) is 0 Å². The average Bonchev–Trinajstić information content (AvgIpc) is 2.56. The maximum atomic E-state index is 13.5. The predicted octanol–water partition coefficient (Wildman–Crippen LogP) is 3.56. The van der Waals surface area contributed by atoms with Crippen molar-refractivity contribution in [2.45, 2.75) is 52.1 Å². The fourth-order valence-corrected chi connectivity index (χ4v) is 5.96. The van der Waals surface area contributed by atoms with Gasteiger partial charge < -0.3 is 8.92 Å². The van der Waals surface area contributed by atoms with Gasteiger partial charge in [-0.2, -0.15) is 12.7 Å². The highest BCUT2D eigenvalue weighted by Crippen LogP contribution is 2.32. The number of hydrogen-bond donors (Lipinski definition) is 0. The van der Waals surface area contributed by atoms with Crippen molar-refractivity contribution in [1.29, 1.82) is 0 Å². The van der Waals surface area contributed by atoms with Crippen LogP contribution in [-0.4, -0.2) is 40.5 Å². The molecule has 0 spiro atoms. The van der Waals surface area contributed by atoms with Crippen LogP contribution < -0.4 is 8.92 Å². The van der Waals surface area contributed by atoms with Crippen LogP contribution in [0.1, 0.15) is 36.1 Å². The van der Waals surface area contributed by atoms with E-state index in [1.807, 2.05) is 19.1 Å². The lowest BCUT2D eigenvalue weighted by Crippen LogP contribution is -2.37. The zero-order valence-corrected chi connectivity index (χ0v) is 20.0. The maximum Gasteiger partial charge on any atom is 0.306 e. The molecule has 7 nitrogen and oxygen atoms in total. The summed E-state index contributed by atoms with van der Waals surface area (Å²) < 4.78 is 61.8. The Kier molecular flexibility index (Phi) is 7.21. The van der Waals surface area contributed by atoms with Crippen LogP contribution >= 0.6 is 0 Å². The van der Waals surface area contributed by atoms with E-state index in [1.165, 1.54) is 17.5 Å². The van der Waals surface area contributed by atoms with Gasteiger partial charge in [-0.1, -0.05) is 23.8 Å². The van der Waals surface area contributed by atoms with Crippen molar-refractivity contribution in [3.63, 3.8) is 0 Å². The van der Waals surface area contributed by atoms with Gasteiger partial charge in [0.1, 0.15) is 0 Å². The molecule has 0 unspecified atom stereocenters. The molecule has 0 radical (unpaired) electrons. The number of sulfonamides is 1. The summed E-state index contributed by atoms with van der Waals surface area (Å²) in [6.45, 7) is 9.16. The van der Waals surface area contributed by atoms with Gasteiger partial charge >= 0.3 is 10.1 Å². The van der Waals surface area contributed by atoms with Gasteiger partial charge in [0.2, 0.25) is 10.0 Å². The highest BCUT2D eigenvalue weighted by atomic mass is 32.2. The molecule has 0 aliphatic rings. The van der Waals surface area contributed by atoms with E-state index >= 15 is 0 Å². The normalized spacial score (nSPS) is 12.4. The fraction of sp³-hybridized carbons (Fsp3) is 0.429. The minimum atomic E-state index is -3.80. The summed E-state index contributed by atoms with van der Waals surface area (Å²) >= 11 is 0. The van der Waals surface area contributed by atoms with Crippen LogP contribution in [0, 0.1) is 20.8 Å². The van der Waals surface area contributed by atoms with Crippen molar-refractivity contribution < 1.29 is 25.8 Å². The monoisotopic (exact) mass is 455 g/mol. The van der Waals surface area contributed by atoms with E-state index in [0.717, 1.165) is 11.8 Å². The van der Waals surface area contributed by atoms with Crippen LogP contribution in [0.25, 0.3) is 0 Å². The second kappa shape index (κ2) is 8.95. The van der Waals surface area contributed by atoms with Crippen LogP contribution in [0.3, 0.4) is 0 Å². The highest BCUT2D eigenvalue weighted by molar-refractivity contribution is 7.89. The Morgan fingerprint density at radius 2 is 1.50 bits per heavy atom. The SMILES string of the molecule is COc1ccc(CN(C(C)C)S(=O)(=O)c2c(C)cc(C)cc2C)cc1OS(C)(=O)=O. The molecule has 0 bridgehead atoms. The van der Waals surface area contributed by atoms with Crippen molar-refractivity contribution in [2.24, 2.45) is 0 Å². The Morgan fingerprint density at radius 1 is 0.933 bits per heavy atom. The molecule has 9 heteroatoms. The first-order valence-corrected chi connectivity index (χ1v) is 12.7. The van der Waals surface area contributed by atoms with Gasteiger partial charge in [0.25, 0.3) is 0 Å². The number of benzene rings is 2. The summed E-state index contributed by atoms with van der Waals surface area (Å²) in [5.74, 6) is 0.259. The lowest BCUT2D eigenvalue weighted by Gasteiger charge is -2.28. The van der Waals surface area contributed by atoms with Gasteiger partial charge in [0.05, 0.1) is 18.3 Å². The van der Waals surface area contributed by atoms with E-state index in [9.17, 15) is 16.8 Å². The number of hydrogen-bond acceptors (Lipinski definition) is 6. The highest BCUT2D eigenvalue weighted by Gasteiger charge is 2.30. The molecule has 0 atom stereocenters. The summed E-state index contributed by atoms with van der Waals surface area (Å²) in [6.07, 6.45) is 0.937. The van der Waals surface area contributed by atoms with Gasteiger partial charge in [-0.05, 0) is 63.4 Å². The Hall–Kier alpha value is -2.10. The molecule has 0 heterocycles. The van der Waals surface area contributed by atoms with E-state index in [0.29, 0.717) is 21.6 Å². The fourth-order valence-electron chi connectivity index (χ4n) is 3.46. The Morgan fingerprint density at radius 3 is 1.97 bits per heavy atom. The van der Waals surface area contributed by atoms with Crippen LogP contribution in [0.4, 0.5) is 0 Å².